The average molecular weight is 434 g/mol. The van der Waals surface area contributed by atoms with Gasteiger partial charge >= 0.3 is 11.9 Å². The van der Waals surface area contributed by atoms with E-state index in [0.29, 0.717) is 34.1 Å². The van der Waals surface area contributed by atoms with Crippen LogP contribution in [-0.2, 0) is 0 Å². The Balaban J connectivity index is 1.56. The van der Waals surface area contributed by atoms with Crippen LogP contribution in [0.15, 0.2) is 72.8 Å². The van der Waals surface area contributed by atoms with Crippen LogP contribution in [0, 0.1) is 0 Å². The van der Waals surface area contributed by atoms with Crippen molar-refractivity contribution < 1.29 is 28.5 Å². The van der Waals surface area contributed by atoms with E-state index in [9.17, 15) is 9.59 Å². The number of hydrogen-bond donors (Lipinski definition) is 0. The topological polar surface area (TPSA) is 71.1 Å². The molecule has 0 aromatic heterocycles. The van der Waals surface area contributed by atoms with E-state index in [2.05, 4.69) is 0 Å². The van der Waals surface area contributed by atoms with E-state index in [4.69, 9.17) is 18.9 Å². The van der Waals surface area contributed by atoms with E-state index in [0.717, 1.165) is 0 Å². The van der Waals surface area contributed by atoms with Gasteiger partial charge in [-0.3, -0.25) is 0 Å². The number of hydrogen-bond acceptors (Lipinski definition) is 6. The van der Waals surface area contributed by atoms with E-state index < -0.39 is 11.9 Å². The van der Waals surface area contributed by atoms with Crippen molar-refractivity contribution in [2.75, 3.05) is 0 Å². The van der Waals surface area contributed by atoms with Crippen LogP contribution in [0.1, 0.15) is 48.4 Å². The Bertz CT molecular complexity index is 949. The van der Waals surface area contributed by atoms with E-state index in [1.54, 1.807) is 72.8 Å². The first kappa shape index (κ1) is 22.9. The molecule has 0 spiro atoms. The minimum atomic E-state index is -0.491. The summed E-state index contributed by atoms with van der Waals surface area (Å²) in [5.74, 6) is 1.07. The quantitative estimate of drug-likeness (QED) is 0.335. The predicted octanol–water partition coefficient (Wildman–Crippen LogP) is 5.70. The molecule has 166 valence electrons. The fraction of sp³-hybridized carbons (Fsp3) is 0.231. The summed E-state index contributed by atoms with van der Waals surface area (Å²) in [6.45, 7) is 7.73. The smallest absolute Gasteiger partial charge is 0.343 e. The number of benzene rings is 3. The van der Waals surface area contributed by atoms with Crippen molar-refractivity contribution in [3.05, 3.63) is 83.9 Å². The van der Waals surface area contributed by atoms with Crippen LogP contribution in [0.5, 0.6) is 23.0 Å². The highest BCUT2D eigenvalue weighted by atomic mass is 16.5. The standard InChI is InChI=1S/C26H26O6/c1-17(2)29-21-9-5-19(6-10-21)25(27)31-23-13-15-24(16-14-23)32-26(28)20-7-11-22(12-8-20)30-18(3)4/h5-18H,1-4H3. The number of carbonyl (C=O) groups excluding carboxylic acids is 2. The normalized spacial score (nSPS) is 10.7. The van der Waals surface area contributed by atoms with Crippen molar-refractivity contribution in [1.29, 1.82) is 0 Å². The van der Waals surface area contributed by atoms with Crippen molar-refractivity contribution in [3.63, 3.8) is 0 Å². The van der Waals surface area contributed by atoms with Crippen LogP contribution in [0.2, 0.25) is 0 Å². The second-order valence-electron chi connectivity index (χ2n) is 7.63. The average Bonchev–Trinajstić information content (AvgIpc) is 2.75. The molecule has 6 heteroatoms. The van der Waals surface area contributed by atoms with Crippen LogP contribution in [-0.4, -0.2) is 24.1 Å². The summed E-state index contributed by atoms with van der Waals surface area (Å²) >= 11 is 0. The Hall–Kier alpha value is -3.80. The summed E-state index contributed by atoms with van der Waals surface area (Å²) in [4.78, 5) is 24.7. The number of carbonyl (C=O) groups is 2. The molecule has 0 saturated carbocycles. The molecule has 0 unspecified atom stereocenters. The molecule has 3 rings (SSSR count). The number of ether oxygens (including phenoxy) is 4. The van der Waals surface area contributed by atoms with Gasteiger partial charge in [-0.2, -0.15) is 0 Å². The van der Waals surface area contributed by atoms with E-state index in [1.807, 2.05) is 27.7 Å². The van der Waals surface area contributed by atoms with Crippen LogP contribution >= 0.6 is 0 Å². The Kier molecular flexibility index (Phi) is 7.49. The summed E-state index contributed by atoms with van der Waals surface area (Å²) < 4.78 is 21.9. The van der Waals surface area contributed by atoms with Gasteiger partial charge in [0.05, 0.1) is 23.3 Å². The molecule has 3 aromatic carbocycles. The number of esters is 2. The largest absolute Gasteiger partial charge is 0.491 e. The van der Waals surface area contributed by atoms with Crippen molar-refractivity contribution in [2.45, 2.75) is 39.9 Å². The second kappa shape index (κ2) is 10.5. The summed E-state index contributed by atoms with van der Waals surface area (Å²) in [6.07, 6.45) is 0.109. The maximum Gasteiger partial charge on any atom is 0.343 e. The van der Waals surface area contributed by atoms with Crippen molar-refractivity contribution >= 4 is 11.9 Å². The third-order valence-corrected chi connectivity index (χ3v) is 4.17. The molecule has 0 saturated heterocycles. The van der Waals surface area contributed by atoms with Crippen LogP contribution in [0.4, 0.5) is 0 Å². The third-order valence-electron chi connectivity index (χ3n) is 4.17. The lowest BCUT2D eigenvalue weighted by atomic mass is 10.2. The Morgan fingerprint density at radius 2 is 0.781 bits per heavy atom. The molecule has 0 N–H and O–H groups in total. The van der Waals surface area contributed by atoms with Gasteiger partial charge < -0.3 is 18.9 Å². The van der Waals surface area contributed by atoms with E-state index in [-0.39, 0.29) is 12.2 Å². The third kappa shape index (κ3) is 6.60. The summed E-state index contributed by atoms with van der Waals surface area (Å²) in [5.41, 5.74) is 0.808. The maximum absolute atomic E-state index is 12.3. The van der Waals surface area contributed by atoms with E-state index in [1.165, 1.54) is 0 Å². The van der Waals surface area contributed by atoms with Crippen LogP contribution in [0.25, 0.3) is 0 Å². The lowest BCUT2D eigenvalue weighted by Crippen LogP contribution is -2.10. The molecule has 0 aliphatic carbocycles. The SMILES string of the molecule is CC(C)Oc1ccc(C(=O)Oc2ccc(OC(=O)c3ccc(OC(C)C)cc3)cc2)cc1. The minimum Gasteiger partial charge on any atom is -0.491 e. The molecule has 0 bridgehead atoms. The molecule has 0 fully saturated rings. The summed E-state index contributed by atoms with van der Waals surface area (Å²) in [6, 6.07) is 19.7. The molecule has 0 amide bonds. The molecule has 32 heavy (non-hydrogen) atoms. The Morgan fingerprint density at radius 3 is 1.06 bits per heavy atom. The zero-order valence-corrected chi connectivity index (χ0v) is 18.5. The molecule has 0 atom stereocenters. The molecule has 6 nitrogen and oxygen atoms in total. The lowest BCUT2D eigenvalue weighted by Gasteiger charge is -2.10. The highest BCUT2D eigenvalue weighted by molar-refractivity contribution is 5.92. The van der Waals surface area contributed by atoms with E-state index >= 15 is 0 Å². The highest BCUT2D eigenvalue weighted by Crippen LogP contribution is 2.21. The Morgan fingerprint density at radius 1 is 0.500 bits per heavy atom. The van der Waals surface area contributed by atoms with Gasteiger partial charge in [0.15, 0.2) is 0 Å². The molecule has 0 aliphatic rings. The Labute approximate surface area is 187 Å². The summed E-state index contributed by atoms with van der Waals surface area (Å²) in [5, 5.41) is 0. The first-order chi connectivity index (χ1) is 15.3. The van der Waals surface area contributed by atoms with Crippen molar-refractivity contribution in [2.24, 2.45) is 0 Å². The highest BCUT2D eigenvalue weighted by Gasteiger charge is 2.12. The monoisotopic (exact) mass is 434 g/mol. The zero-order chi connectivity index (χ0) is 23.1. The fourth-order valence-corrected chi connectivity index (χ4v) is 2.79. The van der Waals surface area contributed by atoms with Crippen molar-refractivity contribution in [3.8, 4) is 23.0 Å². The van der Waals surface area contributed by atoms with Crippen LogP contribution in [0.3, 0.4) is 0 Å². The van der Waals surface area contributed by atoms with Gasteiger partial charge in [-0.15, -0.1) is 0 Å². The zero-order valence-electron chi connectivity index (χ0n) is 18.5. The molecule has 3 aromatic rings. The molecule has 0 aliphatic heterocycles. The van der Waals surface area contributed by atoms with Crippen LogP contribution < -0.4 is 18.9 Å². The molecular formula is C26H26O6. The van der Waals surface area contributed by atoms with Gasteiger partial charge in [-0.1, -0.05) is 0 Å². The van der Waals surface area contributed by atoms with Gasteiger partial charge in [0.2, 0.25) is 0 Å². The molecular weight excluding hydrogens is 408 g/mol. The minimum absolute atomic E-state index is 0.0543. The molecule has 0 radical (unpaired) electrons. The van der Waals surface area contributed by atoms with Gasteiger partial charge in [-0.25, -0.2) is 9.59 Å². The maximum atomic E-state index is 12.3. The fourth-order valence-electron chi connectivity index (χ4n) is 2.79. The molecule has 0 heterocycles. The number of rotatable bonds is 8. The van der Waals surface area contributed by atoms with Gasteiger partial charge in [0, 0.05) is 0 Å². The predicted molar refractivity (Wildman–Crippen MR) is 121 cm³/mol. The van der Waals surface area contributed by atoms with Gasteiger partial charge in [0.1, 0.15) is 23.0 Å². The second-order valence-corrected chi connectivity index (χ2v) is 7.63. The van der Waals surface area contributed by atoms with Gasteiger partial charge in [-0.05, 0) is 100 Å². The lowest BCUT2D eigenvalue weighted by molar-refractivity contribution is 0.0719. The first-order valence-electron chi connectivity index (χ1n) is 10.4. The summed E-state index contributed by atoms with van der Waals surface area (Å²) in [7, 11) is 0. The van der Waals surface area contributed by atoms with Gasteiger partial charge in [0.25, 0.3) is 0 Å². The van der Waals surface area contributed by atoms with Crippen molar-refractivity contribution in [1.82, 2.24) is 0 Å². The first-order valence-corrected chi connectivity index (χ1v) is 10.4.